The second kappa shape index (κ2) is 12.3. The van der Waals surface area contributed by atoms with E-state index in [9.17, 15) is 14.3 Å². The second-order valence-electron chi connectivity index (χ2n) is 8.31. The molecule has 2 aromatic carbocycles. The lowest BCUT2D eigenvalue weighted by molar-refractivity contribution is 0.0735. The van der Waals surface area contributed by atoms with Crippen molar-refractivity contribution >= 4 is 5.78 Å². The molecule has 8 heteroatoms. The zero-order chi connectivity index (χ0) is 27.0. The van der Waals surface area contributed by atoms with Gasteiger partial charge in [0, 0.05) is 24.0 Å². The number of aromatic nitrogens is 1. The number of halogens is 1. The zero-order valence-corrected chi connectivity index (χ0v) is 21.3. The number of carbonyl (C=O) groups is 1. The van der Waals surface area contributed by atoms with Gasteiger partial charge < -0.3 is 24.4 Å². The molecule has 0 aliphatic rings. The number of nitrogens with zero attached hydrogens (tertiary/aromatic N) is 1. The maximum atomic E-state index is 13.8. The standard InChI is InChI=1S/C29H30FNO6/c1-5-13-29(34,14-12-23(33)20-7-9-24(37-16-15-32)26(18-20)36-4)27-11-10-25(35-3)28(31-27)21-6-8-22(30)19(2)17-21/h6-11,17-18,32,34H,12,14-16H2,1-4H3. The number of carbonyl (C=O) groups excluding carboxylic acids is 1. The number of ketones is 1. The van der Waals surface area contributed by atoms with Crippen LogP contribution in [0.5, 0.6) is 17.2 Å². The maximum Gasteiger partial charge on any atom is 0.168 e. The molecule has 0 saturated carbocycles. The average Bonchev–Trinajstić information content (AvgIpc) is 2.91. The third-order valence-electron chi connectivity index (χ3n) is 5.81. The predicted molar refractivity (Wildman–Crippen MR) is 137 cm³/mol. The predicted octanol–water partition coefficient (Wildman–Crippen LogP) is 4.46. The number of aliphatic hydroxyl groups is 2. The lowest BCUT2D eigenvalue weighted by atomic mass is 9.90. The molecule has 7 nitrogen and oxygen atoms in total. The van der Waals surface area contributed by atoms with Crippen molar-refractivity contribution in [2.45, 2.75) is 32.3 Å². The van der Waals surface area contributed by atoms with Crippen molar-refractivity contribution in [1.82, 2.24) is 4.98 Å². The van der Waals surface area contributed by atoms with E-state index in [1.165, 1.54) is 20.3 Å². The van der Waals surface area contributed by atoms with Crippen LogP contribution in [0.3, 0.4) is 0 Å². The Bertz CT molecular complexity index is 1330. The van der Waals surface area contributed by atoms with E-state index in [0.29, 0.717) is 39.6 Å². The highest BCUT2D eigenvalue weighted by atomic mass is 19.1. The minimum atomic E-state index is -1.71. The van der Waals surface area contributed by atoms with Crippen molar-refractivity contribution in [3.8, 4) is 40.3 Å². The highest BCUT2D eigenvalue weighted by molar-refractivity contribution is 5.96. The van der Waals surface area contributed by atoms with Gasteiger partial charge in [0.15, 0.2) is 22.9 Å². The summed E-state index contributed by atoms with van der Waals surface area (Å²) in [4.78, 5) is 17.6. The third kappa shape index (κ3) is 6.45. The lowest BCUT2D eigenvalue weighted by Crippen LogP contribution is -2.26. The first-order valence-electron chi connectivity index (χ1n) is 11.7. The molecule has 0 saturated heterocycles. The van der Waals surface area contributed by atoms with E-state index < -0.39 is 5.60 Å². The van der Waals surface area contributed by atoms with Crippen LogP contribution in [-0.4, -0.2) is 48.4 Å². The molecule has 0 radical (unpaired) electrons. The summed E-state index contributed by atoms with van der Waals surface area (Å²) in [6.45, 7) is 3.19. The molecule has 3 rings (SSSR count). The number of hydrogen-bond acceptors (Lipinski definition) is 7. The monoisotopic (exact) mass is 507 g/mol. The lowest BCUT2D eigenvalue weighted by Gasteiger charge is -2.23. The fourth-order valence-electron chi connectivity index (χ4n) is 3.86. The molecule has 0 fully saturated rings. The van der Waals surface area contributed by atoms with E-state index in [-0.39, 0.29) is 43.3 Å². The molecule has 0 bridgehead atoms. The first-order valence-corrected chi connectivity index (χ1v) is 11.7. The summed E-state index contributed by atoms with van der Waals surface area (Å²) >= 11 is 0. The van der Waals surface area contributed by atoms with Crippen LogP contribution in [0.1, 0.15) is 41.4 Å². The van der Waals surface area contributed by atoms with E-state index in [2.05, 4.69) is 16.8 Å². The van der Waals surface area contributed by atoms with E-state index in [4.69, 9.17) is 19.3 Å². The summed E-state index contributed by atoms with van der Waals surface area (Å²) in [6, 6.07) is 12.6. The number of aryl methyl sites for hydroxylation is 1. The number of rotatable bonds is 11. The average molecular weight is 508 g/mol. The van der Waals surface area contributed by atoms with Crippen molar-refractivity contribution in [2.75, 3.05) is 27.4 Å². The van der Waals surface area contributed by atoms with Crippen molar-refractivity contribution in [3.63, 3.8) is 0 Å². The molecule has 1 heterocycles. The van der Waals surface area contributed by atoms with Gasteiger partial charge in [-0.05, 0) is 67.9 Å². The van der Waals surface area contributed by atoms with Gasteiger partial charge in [0.05, 0.1) is 26.5 Å². The Labute approximate surface area is 215 Å². The van der Waals surface area contributed by atoms with E-state index in [1.54, 1.807) is 56.3 Å². The zero-order valence-electron chi connectivity index (χ0n) is 21.3. The van der Waals surface area contributed by atoms with Crippen molar-refractivity contribution in [2.24, 2.45) is 0 Å². The second-order valence-corrected chi connectivity index (χ2v) is 8.31. The Hall–Kier alpha value is -3.93. The Morgan fingerprint density at radius 1 is 1.05 bits per heavy atom. The molecule has 0 aliphatic carbocycles. The SMILES string of the molecule is CC#CC(O)(CCC(=O)c1ccc(OCCO)c(OC)c1)c1ccc(OC)c(-c2ccc(F)c(C)c2)n1. The van der Waals surface area contributed by atoms with E-state index in [0.717, 1.165) is 0 Å². The van der Waals surface area contributed by atoms with Gasteiger partial charge >= 0.3 is 0 Å². The number of aliphatic hydroxyl groups excluding tert-OH is 1. The Balaban J connectivity index is 1.90. The number of benzene rings is 2. The Morgan fingerprint density at radius 2 is 1.78 bits per heavy atom. The topological polar surface area (TPSA) is 98.1 Å². The minimum absolute atomic E-state index is 0.0149. The van der Waals surface area contributed by atoms with Gasteiger partial charge in [-0.2, -0.15) is 0 Å². The molecular formula is C29H30FNO6. The summed E-state index contributed by atoms with van der Waals surface area (Å²) < 4.78 is 30.0. The molecule has 2 N–H and O–H groups in total. The van der Waals surface area contributed by atoms with Crippen molar-refractivity contribution < 1.29 is 33.6 Å². The molecule has 3 aromatic rings. The van der Waals surface area contributed by atoms with Gasteiger partial charge in [-0.15, -0.1) is 5.92 Å². The van der Waals surface area contributed by atoms with Gasteiger partial charge in [-0.3, -0.25) is 4.79 Å². The third-order valence-corrected chi connectivity index (χ3v) is 5.81. The molecule has 1 atom stereocenters. The van der Waals surface area contributed by atoms with Crippen LogP contribution in [0.25, 0.3) is 11.3 Å². The summed E-state index contributed by atoms with van der Waals surface area (Å²) in [5.41, 5.74) is 0.409. The van der Waals surface area contributed by atoms with Gasteiger partial charge in [0.1, 0.15) is 23.9 Å². The molecule has 194 valence electrons. The van der Waals surface area contributed by atoms with Gasteiger partial charge in [0.25, 0.3) is 0 Å². The van der Waals surface area contributed by atoms with Crippen molar-refractivity contribution in [3.05, 3.63) is 71.2 Å². The van der Waals surface area contributed by atoms with Crippen LogP contribution in [0.4, 0.5) is 4.39 Å². The van der Waals surface area contributed by atoms with Crippen LogP contribution in [0, 0.1) is 24.6 Å². The largest absolute Gasteiger partial charge is 0.494 e. The van der Waals surface area contributed by atoms with Crippen LogP contribution in [-0.2, 0) is 5.60 Å². The first-order chi connectivity index (χ1) is 17.8. The van der Waals surface area contributed by atoms with Crippen LogP contribution in [0.15, 0.2) is 48.5 Å². The van der Waals surface area contributed by atoms with Gasteiger partial charge in [0.2, 0.25) is 0 Å². The summed E-state index contributed by atoms with van der Waals surface area (Å²) in [6.07, 6.45) is -0.0388. The Morgan fingerprint density at radius 3 is 2.43 bits per heavy atom. The van der Waals surface area contributed by atoms with Crippen LogP contribution in [0.2, 0.25) is 0 Å². The normalized spacial score (nSPS) is 12.2. The quantitative estimate of drug-likeness (QED) is 0.292. The molecule has 0 aliphatic heterocycles. The number of Topliss-reactive ketones (excluding diaryl/α,β-unsaturated/α-hetero) is 1. The van der Waals surface area contributed by atoms with Crippen molar-refractivity contribution in [1.29, 1.82) is 0 Å². The molecule has 37 heavy (non-hydrogen) atoms. The number of methoxy groups -OCH3 is 2. The maximum absolute atomic E-state index is 13.8. The summed E-state index contributed by atoms with van der Waals surface area (Å²) in [7, 11) is 2.96. The van der Waals surface area contributed by atoms with Gasteiger partial charge in [-0.25, -0.2) is 9.37 Å². The highest BCUT2D eigenvalue weighted by Crippen LogP contribution is 2.34. The van der Waals surface area contributed by atoms with Gasteiger partial charge in [-0.1, -0.05) is 5.92 Å². The van der Waals surface area contributed by atoms with Crippen LogP contribution >= 0.6 is 0 Å². The van der Waals surface area contributed by atoms with E-state index in [1.807, 2.05) is 0 Å². The number of hydrogen-bond donors (Lipinski definition) is 2. The number of ether oxygens (including phenoxy) is 3. The minimum Gasteiger partial charge on any atom is -0.494 e. The first kappa shape index (κ1) is 27.7. The fourth-order valence-corrected chi connectivity index (χ4v) is 3.86. The molecule has 0 spiro atoms. The summed E-state index contributed by atoms with van der Waals surface area (Å²) in [5.74, 6) is 6.18. The summed E-state index contributed by atoms with van der Waals surface area (Å²) in [5, 5.41) is 20.5. The number of pyridine rings is 1. The molecule has 0 amide bonds. The van der Waals surface area contributed by atoms with E-state index >= 15 is 0 Å². The Kier molecular flexibility index (Phi) is 9.23. The molecular weight excluding hydrogens is 477 g/mol. The molecule has 1 unspecified atom stereocenters. The van der Waals surface area contributed by atoms with Crippen LogP contribution < -0.4 is 14.2 Å². The highest BCUT2D eigenvalue weighted by Gasteiger charge is 2.31. The fraction of sp³-hybridized carbons (Fsp3) is 0.310. The molecule has 1 aromatic heterocycles. The smallest absolute Gasteiger partial charge is 0.168 e.